The first-order valence-electron chi connectivity index (χ1n) is 5.69. The Bertz CT molecular complexity index is 351. The number of ether oxygens (including phenoxy) is 1. The van der Waals surface area contributed by atoms with Crippen LogP contribution in [-0.2, 0) is 11.3 Å². The van der Waals surface area contributed by atoms with Crippen LogP contribution in [0.2, 0.25) is 0 Å². The van der Waals surface area contributed by atoms with E-state index >= 15 is 0 Å². The Morgan fingerprint density at radius 1 is 1.53 bits per heavy atom. The zero-order valence-electron chi connectivity index (χ0n) is 10.6. The first-order valence-corrected chi connectivity index (χ1v) is 6.57. The molecule has 0 amide bonds. The smallest absolute Gasteiger partial charge is 0.191 e. The Hall–Kier alpha value is -1.14. The molecule has 0 radical (unpaired) electrons. The van der Waals surface area contributed by atoms with Crippen LogP contribution in [-0.4, -0.2) is 37.7 Å². The molecule has 0 atom stereocenters. The molecule has 0 saturated carbocycles. The number of aryl methyl sites for hydroxylation is 1. The standard InChI is InChI=1S/C11H20N4OS/c1-4-16-6-5-13-11(12-3)14-7-10-9(2)15-8-17-10/h8H,4-7H2,1-3H3,(H2,12,13,14). The third kappa shape index (κ3) is 5.14. The molecule has 0 aliphatic rings. The lowest BCUT2D eigenvalue weighted by molar-refractivity contribution is 0.152. The van der Waals surface area contributed by atoms with E-state index in [1.807, 2.05) is 19.4 Å². The number of thiazole rings is 1. The molecule has 0 aliphatic heterocycles. The highest BCUT2D eigenvalue weighted by Crippen LogP contribution is 2.10. The van der Waals surface area contributed by atoms with Gasteiger partial charge in [-0.15, -0.1) is 11.3 Å². The Kier molecular flexibility index (Phi) is 6.57. The predicted molar refractivity (Wildman–Crippen MR) is 71.5 cm³/mol. The molecule has 0 aromatic carbocycles. The number of hydrogen-bond acceptors (Lipinski definition) is 4. The first kappa shape index (κ1) is 13.9. The van der Waals surface area contributed by atoms with E-state index in [0.717, 1.165) is 31.3 Å². The second kappa shape index (κ2) is 8.03. The molecule has 96 valence electrons. The van der Waals surface area contributed by atoms with Crippen LogP contribution in [0.4, 0.5) is 0 Å². The summed E-state index contributed by atoms with van der Waals surface area (Å²) < 4.78 is 5.24. The van der Waals surface area contributed by atoms with Gasteiger partial charge in [-0.3, -0.25) is 4.99 Å². The highest BCUT2D eigenvalue weighted by Gasteiger charge is 2.02. The van der Waals surface area contributed by atoms with Gasteiger partial charge in [-0.2, -0.15) is 0 Å². The Morgan fingerprint density at radius 3 is 2.94 bits per heavy atom. The maximum absolute atomic E-state index is 5.24. The van der Waals surface area contributed by atoms with Gasteiger partial charge in [0.15, 0.2) is 5.96 Å². The Labute approximate surface area is 106 Å². The number of nitrogens with one attached hydrogen (secondary N) is 2. The average Bonchev–Trinajstić information content (AvgIpc) is 2.74. The molecule has 5 nitrogen and oxygen atoms in total. The van der Waals surface area contributed by atoms with Crippen LogP contribution in [0.25, 0.3) is 0 Å². The number of nitrogens with zero attached hydrogens (tertiary/aromatic N) is 2. The molecule has 1 aromatic heterocycles. The molecule has 0 unspecified atom stereocenters. The van der Waals surface area contributed by atoms with Crippen LogP contribution in [0, 0.1) is 6.92 Å². The number of aliphatic imine (C=N–C) groups is 1. The molecule has 1 heterocycles. The highest BCUT2D eigenvalue weighted by molar-refractivity contribution is 7.09. The molecule has 0 bridgehead atoms. The lowest BCUT2D eigenvalue weighted by atomic mass is 10.4. The molecular formula is C11H20N4OS. The number of guanidine groups is 1. The van der Waals surface area contributed by atoms with Crippen molar-refractivity contribution in [3.05, 3.63) is 16.1 Å². The summed E-state index contributed by atoms with van der Waals surface area (Å²) in [5.41, 5.74) is 2.93. The van der Waals surface area contributed by atoms with Crippen molar-refractivity contribution in [3.63, 3.8) is 0 Å². The second-order valence-electron chi connectivity index (χ2n) is 3.41. The van der Waals surface area contributed by atoms with Crippen LogP contribution in [0.3, 0.4) is 0 Å². The fourth-order valence-corrected chi connectivity index (χ4v) is 1.98. The van der Waals surface area contributed by atoms with E-state index in [-0.39, 0.29) is 0 Å². The molecule has 0 spiro atoms. The topological polar surface area (TPSA) is 58.5 Å². The van der Waals surface area contributed by atoms with Crippen LogP contribution in [0.5, 0.6) is 0 Å². The first-order chi connectivity index (χ1) is 8.27. The van der Waals surface area contributed by atoms with Gasteiger partial charge < -0.3 is 15.4 Å². The van der Waals surface area contributed by atoms with E-state index in [4.69, 9.17) is 4.74 Å². The number of hydrogen-bond donors (Lipinski definition) is 2. The largest absolute Gasteiger partial charge is 0.380 e. The fraction of sp³-hybridized carbons (Fsp3) is 0.636. The fourth-order valence-electron chi connectivity index (χ4n) is 1.27. The minimum Gasteiger partial charge on any atom is -0.380 e. The van der Waals surface area contributed by atoms with Gasteiger partial charge in [-0.25, -0.2) is 4.98 Å². The third-order valence-electron chi connectivity index (χ3n) is 2.23. The highest BCUT2D eigenvalue weighted by atomic mass is 32.1. The molecule has 0 aliphatic carbocycles. The molecule has 0 fully saturated rings. The summed E-state index contributed by atoms with van der Waals surface area (Å²) in [7, 11) is 1.76. The number of aromatic nitrogens is 1. The molecule has 0 saturated heterocycles. The zero-order chi connectivity index (χ0) is 12.5. The van der Waals surface area contributed by atoms with Crippen molar-refractivity contribution in [2.24, 2.45) is 4.99 Å². The number of rotatable bonds is 6. The zero-order valence-corrected chi connectivity index (χ0v) is 11.4. The monoisotopic (exact) mass is 256 g/mol. The second-order valence-corrected chi connectivity index (χ2v) is 4.35. The van der Waals surface area contributed by atoms with Crippen molar-refractivity contribution >= 4 is 17.3 Å². The van der Waals surface area contributed by atoms with Crippen LogP contribution in [0.1, 0.15) is 17.5 Å². The van der Waals surface area contributed by atoms with Gasteiger partial charge in [-0.1, -0.05) is 0 Å². The van der Waals surface area contributed by atoms with Crippen molar-refractivity contribution in [2.75, 3.05) is 26.8 Å². The molecule has 2 N–H and O–H groups in total. The van der Waals surface area contributed by atoms with Crippen molar-refractivity contribution in [1.82, 2.24) is 15.6 Å². The summed E-state index contributed by atoms with van der Waals surface area (Å²) in [6.45, 7) is 6.95. The summed E-state index contributed by atoms with van der Waals surface area (Å²) in [6.07, 6.45) is 0. The normalized spacial score (nSPS) is 11.6. The van der Waals surface area contributed by atoms with Gasteiger partial charge in [0.2, 0.25) is 0 Å². The lowest BCUT2D eigenvalue weighted by Gasteiger charge is -2.11. The van der Waals surface area contributed by atoms with E-state index in [9.17, 15) is 0 Å². The van der Waals surface area contributed by atoms with E-state index in [1.165, 1.54) is 4.88 Å². The summed E-state index contributed by atoms with van der Waals surface area (Å²) in [6, 6.07) is 0. The van der Waals surface area contributed by atoms with Gasteiger partial charge in [0.05, 0.1) is 24.4 Å². The minimum absolute atomic E-state index is 0.691. The van der Waals surface area contributed by atoms with E-state index in [2.05, 4.69) is 20.6 Å². The van der Waals surface area contributed by atoms with Crippen LogP contribution < -0.4 is 10.6 Å². The van der Waals surface area contributed by atoms with Crippen LogP contribution in [0.15, 0.2) is 10.5 Å². The van der Waals surface area contributed by atoms with Gasteiger partial charge in [0.25, 0.3) is 0 Å². The lowest BCUT2D eigenvalue weighted by Crippen LogP contribution is -2.38. The van der Waals surface area contributed by atoms with Gasteiger partial charge in [0.1, 0.15) is 0 Å². The van der Waals surface area contributed by atoms with Crippen molar-refractivity contribution in [1.29, 1.82) is 0 Å². The van der Waals surface area contributed by atoms with Crippen molar-refractivity contribution < 1.29 is 4.74 Å². The SMILES string of the molecule is CCOCCNC(=NC)NCc1scnc1C. The maximum atomic E-state index is 5.24. The molecule has 1 aromatic rings. The molecular weight excluding hydrogens is 236 g/mol. The summed E-state index contributed by atoms with van der Waals surface area (Å²) >= 11 is 1.65. The van der Waals surface area contributed by atoms with E-state index in [0.29, 0.717) is 6.61 Å². The predicted octanol–water partition coefficient (Wildman–Crippen LogP) is 1.15. The van der Waals surface area contributed by atoms with Crippen LogP contribution >= 0.6 is 11.3 Å². The molecule has 17 heavy (non-hydrogen) atoms. The Balaban J connectivity index is 2.26. The van der Waals surface area contributed by atoms with Crippen molar-refractivity contribution in [2.45, 2.75) is 20.4 Å². The average molecular weight is 256 g/mol. The van der Waals surface area contributed by atoms with E-state index < -0.39 is 0 Å². The van der Waals surface area contributed by atoms with Gasteiger partial charge in [-0.05, 0) is 13.8 Å². The molecule has 6 heteroatoms. The van der Waals surface area contributed by atoms with Gasteiger partial charge >= 0.3 is 0 Å². The van der Waals surface area contributed by atoms with E-state index in [1.54, 1.807) is 18.4 Å². The maximum Gasteiger partial charge on any atom is 0.191 e. The minimum atomic E-state index is 0.691. The summed E-state index contributed by atoms with van der Waals surface area (Å²) in [5, 5.41) is 6.43. The van der Waals surface area contributed by atoms with Crippen molar-refractivity contribution in [3.8, 4) is 0 Å². The van der Waals surface area contributed by atoms with Gasteiger partial charge in [0, 0.05) is 25.1 Å². The molecule has 1 rings (SSSR count). The Morgan fingerprint density at radius 2 is 2.35 bits per heavy atom. The quantitative estimate of drug-likeness (QED) is 0.455. The third-order valence-corrected chi connectivity index (χ3v) is 3.16. The summed E-state index contributed by atoms with van der Waals surface area (Å²) in [4.78, 5) is 9.58. The summed E-state index contributed by atoms with van der Waals surface area (Å²) in [5.74, 6) is 0.789.